The Balaban J connectivity index is 2.17. The Bertz CT molecular complexity index is 786. The van der Waals surface area contributed by atoms with Crippen LogP contribution in [0.25, 0.3) is 0 Å². The number of carbonyl (C=O) groups excluding carboxylic acids is 1. The lowest BCUT2D eigenvalue weighted by atomic mass is 9.96. The zero-order chi connectivity index (χ0) is 15.0. The summed E-state index contributed by atoms with van der Waals surface area (Å²) in [4.78, 5) is 12.5. The van der Waals surface area contributed by atoms with Gasteiger partial charge < -0.3 is 4.74 Å². The predicted octanol–water partition coefficient (Wildman–Crippen LogP) is 1.66. The summed E-state index contributed by atoms with van der Waals surface area (Å²) < 4.78 is 29.5. The van der Waals surface area contributed by atoms with Crippen LogP contribution in [0.4, 0.5) is 0 Å². The maximum Gasteiger partial charge on any atom is 0.223 e. The number of fused-ring (bicyclic) bond motifs is 1. The molecule has 0 aliphatic carbocycles. The molecule has 2 atom stereocenters. The van der Waals surface area contributed by atoms with Crippen LogP contribution in [-0.4, -0.2) is 19.5 Å². The van der Waals surface area contributed by atoms with Crippen LogP contribution < -0.4 is 9.88 Å². The number of rotatable bonds is 2. The van der Waals surface area contributed by atoms with Gasteiger partial charge in [-0.05, 0) is 17.7 Å². The highest BCUT2D eigenvalue weighted by atomic mass is 32.2. The molecule has 2 unspecified atom stereocenters. The van der Waals surface area contributed by atoms with Crippen LogP contribution in [0.15, 0.2) is 54.6 Å². The molecule has 1 aliphatic rings. The molecule has 0 spiro atoms. The minimum absolute atomic E-state index is 0.240. The Morgan fingerprint density at radius 1 is 0.952 bits per heavy atom. The van der Waals surface area contributed by atoms with Gasteiger partial charge in [0.1, 0.15) is 11.9 Å². The number of hydrogen-bond acceptors (Lipinski definition) is 4. The second-order valence-corrected chi connectivity index (χ2v) is 6.51. The highest BCUT2D eigenvalue weighted by Crippen LogP contribution is 2.37. The Morgan fingerprint density at radius 2 is 1.57 bits per heavy atom. The number of sulfonamides is 1. The highest BCUT2D eigenvalue weighted by Gasteiger charge is 2.44. The summed E-state index contributed by atoms with van der Waals surface area (Å²) in [5.41, 5.74) is 0.836. The Morgan fingerprint density at radius 3 is 2.24 bits per heavy atom. The first-order valence-corrected chi connectivity index (χ1v) is 7.96. The molecule has 0 aromatic heterocycles. The Hall–Kier alpha value is -2.18. The number of ether oxygens (including phenoxy) is 1. The molecule has 5 nitrogen and oxygen atoms in total. The van der Waals surface area contributed by atoms with Crippen molar-refractivity contribution in [3.8, 4) is 5.75 Å². The van der Waals surface area contributed by atoms with Gasteiger partial charge in [-0.2, -0.15) is 0 Å². The number of nitrogens with two attached hydrogens (primary N) is 1. The van der Waals surface area contributed by atoms with E-state index in [1.54, 1.807) is 48.5 Å². The maximum absolute atomic E-state index is 12.5. The summed E-state index contributed by atoms with van der Waals surface area (Å²) in [5.74, 6) is -0.163. The van der Waals surface area contributed by atoms with Gasteiger partial charge in [0.25, 0.3) is 0 Å². The molecule has 2 N–H and O–H groups in total. The van der Waals surface area contributed by atoms with Crippen LogP contribution in [0.2, 0.25) is 0 Å². The van der Waals surface area contributed by atoms with E-state index >= 15 is 0 Å². The average Bonchev–Trinajstić information content (AvgIpc) is 2.46. The molecule has 0 amide bonds. The summed E-state index contributed by atoms with van der Waals surface area (Å²) in [6, 6.07) is 15.3. The summed E-state index contributed by atoms with van der Waals surface area (Å²) in [5, 5.41) is 3.82. The van der Waals surface area contributed by atoms with Crippen LogP contribution in [0.5, 0.6) is 5.75 Å². The lowest BCUT2D eigenvalue weighted by molar-refractivity contribution is 0.0860. The summed E-state index contributed by atoms with van der Waals surface area (Å²) in [6.07, 6.45) is -0.941. The molecule has 108 valence electrons. The maximum atomic E-state index is 12.5. The second kappa shape index (κ2) is 4.98. The predicted molar refractivity (Wildman–Crippen MR) is 77.5 cm³/mol. The van der Waals surface area contributed by atoms with E-state index in [0.717, 1.165) is 0 Å². The average molecular weight is 303 g/mol. The molecular formula is C15H13NO4S. The van der Waals surface area contributed by atoms with E-state index in [1.165, 1.54) is 6.07 Å². The van der Waals surface area contributed by atoms with Crippen LogP contribution in [0.3, 0.4) is 0 Å². The van der Waals surface area contributed by atoms with E-state index < -0.39 is 27.2 Å². The minimum atomic E-state index is -4.09. The number of Topliss-reactive ketones (excluding diaryl/α,β-unsaturated/α-hetero) is 1. The standard InChI is InChI=1S/C15H13NO4S/c16-21(18,19)15-13(17)11-8-4-5-9-12(11)20-14(15)10-6-2-1-3-7-10/h1-9,14-15H,(H2,16,18,19). The molecule has 0 saturated carbocycles. The van der Waals surface area contributed by atoms with Crippen molar-refractivity contribution in [2.24, 2.45) is 5.14 Å². The highest BCUT2D eigenvalue weighted by molar-refractivity contribution is 7.90. The van der Waals surface area contributed by atoms with Crippen LogP contribution in [0.1, 0.15) is 22.0 Å². The van der Waals surface area contributed by atoms with Gasteiger partial charge in [-0.15, -0.1) is 0 Å². The smallest absolute Gasteiger partial charge is 0.223 e. The lowest BCUT2D eigenvalue weighted by Crippen LogP contribution is -2.45. The molecule has 1 aliphatic heterocycles. The van der Waals surface area contributed by atoms with Crippen molar-refractivity contribution in [2.45, 2.75) is 11.4 Å². The Kier molecular flexibility index (Phi) is 3.27. The molecule has 0 saturated heterocycles. The van der Waals surface area contributed by atoms with Gasteiger partial charge >= 0.3 is 0 Å². The molecule has 6 heteroatoms. The van der Waals surface area contributed by atoms with E-state index in [2.05, 4.69) is 0 Å². The first kappa shape index (κ1) is 13.8. The Labute approximate surface area is 122 Å². The van der Waals surface area contributed by atoms with Crippen molar-refractivity contribution >= 4 is 15.8 Å². The summed E-state index contributed by atoms with van der Waals surface area (Å²) in [7, 11) is -4.09. The fourth-order valence-corrected chi connectivity index (χ4v) is 3.45. The van der Waals surface area contributed by atoms with E-state index in [4.69, 9.17) is 9.88 Å². The van der Waals surface area contributed by atoms with Crippen molar-refractivity contribution in [3.05, 3.63) is 65.7 Å². The fraction of sp³-hybridized carbons (Fsp3) is 0.133. The van der Waals surface area contributed by atoms with Crippen molar-refractivity contribution < 1.29 is 17.9 Å². The lowest BCUT2D eigenvalue weighted by Gasteiger charge is -2.31. The molecular weight excluding hydrogens is 290 g/mol. The molecule has 0 fully saturated rings. The molecule has 0 bridgehead atoms. The zero-order valence-electron chi connectivity index (χ0n) is 11.0. The molecule has 1 heterocycles. The van der Waals surface area contributed by atoms with E-state index in [1.807, 2.05) is 0 Å². The number of para-hydroxylation sites is 1. The summed E-state index contributed by atoms with van der Waals surface area (Å²) >= 11 is 0. The van der Waals surface area contributed by atoms with Gasteiger partial charge in [-0.25, -0.2) is 13.6 Å². The number of carbonyl (C=O) groups is 1. The van der Waals surface area contributed by atoms with Crippen LogP contribution in [-0.2, 0) is 10.0 Å². The minimum Gasteiger partial charge on any atom is -0.483 e. The van der Waals surface area contributed by atoms with E-state index in [9.17, 15) is 13.2 Å². The summed E-state index contributed by atoms with van der Waals surface area (Å²) in [6.45, 7) is 0. The SMILES string of the molecule is NS(=O)(=O)C1C(=O)c2ccccc2OC1c1ccccc1. The van der Waals surface area contributed by atoms with Gasteiger partial charge in [0, 0.05) is 0 Å². The largest absolute Gasteiger partial charge is 0.483 e. The number of primary sulfonamides is 1. The third-order valence-electron chi connectivity index (χ3n) is 3.42. The zero-order valence-corrected chi connectivity index (χ0v) is 11.8. The van der Waals surface area contributed by atoms with Crippen molar-refractivity contribution in [2.75, 3.05) is 0 Å². The molecule has 2 aromatic carbocycles. The number of benzene rings is 2. The normalized spacial score (nSPS) is 21.5. The first-order chi connectivity index (χ1) is 9.98. The van der Waals surface area contributed by atoms with Crippen LogP contribution >= 0.6 is 0 Å². The van der Waals surface area contributed by atoms with Gasteiger partial charge in [-0.3, -0.25) is 4.79 Å². The van der Waals surface area contributed by atoms with E-state index in [-0.39, 0.29) is 5.56 Å². The second-order valence-electron chi connectivity index (χ2n) is 4.82. The van der Waals surface area contributed by atoms with Gasteiger partial charge in [0.05, 0.1) is 5.56 Å². The number of ketones is 1. The van der Waals surface area contributed by atoms with E-state index in [0.29, 0.717) is 11.3 Å². The number of hydrogen-bond donors (Lipinski definition) is 1. The van der Waals surface area contributed by atoms with Crippen molar-refractivity contribution in [3.63, 3.8) is 0 Å². The quantitative estimate of drug-likeness (QED) is 0.914. The van der Waals surface area contributed by atoms with Crippen LogP contribution in [0, 0.1) is 0 Å². The topological polar surface area (TPSA) is 86.5 Å². The molecule has 0 radical (unpaired) electrons. The van der Waals surface area contributed by atoms with Crippen molar-refractivity contribution in [1.82, 2.24) is 0 Å². The third-order valence-corrected chi connectivity index (χ3v) is 4.59. The van der Waals surface area contributed by atoms with Gasteiger partial charge in [0.15, 0.2) is 11.0 Å². The fourth-order valence-electron chi connectivity index (χ4n) is 2.47. The third kappa shape index (κ3) is 2.43. The first-order valence-electron chi connectivity index (χ1n) is 6.35. The molecule has 2 aromatic rings. The van der Waals surface area contributed by atoms with Gasteiger partial charge in [-0.1, -0.05) is 42.5 Å². The molecule has 3 rings (SSSR count). The monoisotopic (exact) mass is 303 g/mol. The molecule has 21 heavy (non-hydrogen) atoms. The van der Waals surface area contributed by atoms with Crippen molar-refractivity contribution in [1.29, 1.82) is 0 Å². The van der Waals surface area contributed by atoms with Gasteiger partial charge in [0.2, 0.25) is 10.0 Å².